The molecule has 1 aliphatic heterocycles. The van der Waals surface area contributed by atoms with Gasteiger partial charge in [-0.2, -0.15) is 0 Å². The normalized spacial score (nSPS) is 12.0. The molecule has 3 rings (SSSR count). The number of ether oxygens (including phenoxy) is 5. The Balaban J connectivity index is 1.48. The number of benzene rings is 2. The largest absolute Gasteiger partial charge is 0.493 e. The Morgan fingerprint density at radius 2 is 1.76 bits per heavy atom. The third kappa shape index (κ3) is 6.76. The Labute approximate surface area is 191 Å². The number of nitrogens with one attached hydrogen (secondary N) is 2. The first kappa shape index (κ1) is 23.7. The smallest absolute Gasteiger partial charge is 0.338 e. The first-order valence-electron chi connectivity index (χ1n) is 10.3. The number of carbonyl (C=O) groups is 3. The summed E-state index contributed by atoms with van der Waals surface area (Å²) in [7, 11) is 1.46. The molecule has 0 radical (unpaired) electrons. The molecule has 176 valence electrons. The van der Waals surface area contributed by atoms with Crippen LogP contribution in [0.2, 0.25) is 0 Å². The Morgan fingerprint density at radius 3 is 2.48 bits per heavy atom. The third-order valence-electron chi connectivity index (χ3n) is 4.36. The Hall–Kier alpha value is -3.95. The van der Waals surface area contributed by atoms with E-state index < -0.39 is 24.5 Å². The minimum Gasteiger partial charge on any atom is -0.493 e. The molecule has 0 aromatic heterocycles. The first-order chi connectivity index (χ1) is 15.9. The van der Waals surface area contributed by atoms with E-state index in [4.69, 9.17) is 23.7 Å². The highest BCUT2D eigenvalue weighted by atomic mass is 16.6. The van der Waals surface area contributed by atoms with Crippen LogP contribution in [0.4, 0.5) is 10.5 Å². The Kier molecular flexibility index (Phi) is 7.96. The molecule has 0 aliphatic carbocycles. The van der Waals surface area contributed by atoms with Crippen LogP contribution in [0, 0.1) is 5.92 Å². The van der Waals surface area contributed by atoms with Crippen LogP contribution in [-0.2, 0) is 9.53 Å². The number of methoxy groups -OCH3 is 1. The standard InChI is InChI=1S/C23H26N2O8/c1-14(2)12-32-17-6-4-15(10-19(17)29-3)22(27)33-13-21(26)25-23(28)24-16-5-7-18-20(11-16)31-9-8-30-18/h4-7,10-11,14H,8-9,12-13H2,1-3H3,(H2,24,25,26,28). The highest BCUT2D eigenvalue weighted by Gasteiger charge is 2.17. The molecule has 0 atom stereocenters. The van der Waals surface area contributed by atoms with Crippen molar-refractivity contribution in [2.24, 2.45) is 5.92 Å². The van der Waals surface area contributed by atoms with Gasteiger partial charge in [0, 0.05) is 11.8 Å². The number of amides is 3. The van der Waals surface area contributed by atoms with Crippen LogP contribution in [0.5, 0.6) is 23.0 Å². The number of anilines is 1. The Morgan fingerprint density at radius 1 is 1.00 bits per heavy atom. The molecule has 3 amide bonds. The summed E-state index contributed by atoms with van der Waals surface area (Å²) < 4.78 is 26.7. The lowest BCUT2D eigenvalue weighted by atomic mass is 10.2. The van der Waals surface area contributed by atoms with Gasteiger partial charge in [-0.3, -0.25) is 10.1 Å². The molecule has 10 nitrogen and oxygen atoms in total. The molecular formula is C23H26N2O8. The van der Waals surface area contributed by atoms with Gasteiger partial charge in [0.2, 0.25) is 0 Å². The van der Waals surface area contributed by atoms with Gasteiger partial charge in [0.05, 0.1) is 19.3 Å². The van der Waals surface area contributed by atoms with Crippen molar-refractivity contribution in [1.82, 2.24) is 5.32 Å². The van der Waals surface area contributed by atoms with Crippen LogP contribution >= 0.6 is 0 Å². The molecule has 1 aliphatic rings. The summed E-state index contributed by atoms with van der Waals surface area (Å²) >= 11 is 0. The minimum atomic E-state index is -0.790. The average Bonchev–Trinajstić information content (AvgIpc) is 2.80. The molecule has 2 aromatic rings. The SMILES string of the molecule is COc1cc(C(=O)OCC(=O)NC(=O)Nc2ccc3c(c2)OCCO3)ccc1OCC(C)C. The van der Waals surface area contributed by atoms with E-state index in [2.05, 4.69) is 10.6 Å². The van der Waals surface area contributed by atoms with Crippen molar-refractivity contribution in [3.05, 3.63) is 42.0 Å². The number of rotatable bonds is 8. The lowest BCUT2D eigenvalue weighted by Gasteiger charge is -2.19. The van der Waals surface area contributed by atoms with E-state index in [0.29, 0.717) is 54.4 Å². The van der Waals surface area contributed by atoms with Crippen molar-refractivity contribution in [2.75, 3.05) is 38.9 Å². The zero-order valence-corrected chi connectivity index (χ0v) is 18.6. The van der Waals surface area contributed by atoms with Gasteiger partial charge in [-0.05, 0) is 36.2 Å². The molecule has 10 heteroatoms. The van der Waals surface area contributed by atoms with Crippen LogP contribution in [0.15, 0.2) is 36.4 Å². The zero-order chi connectivity index (χ0) is 23.8. The van der Waals surface area contributed by atoms with Gasteiger partial charge in [0.15, 0.2) is 29.6 Å². The van der Waals surface area contributed by atoms with Gasteiger partial charge in [0.1, 0.15) is 13.2 Å². The number of imide groups is 1. The predicted octanol–water partition coefficient (Wildman–Crippen LogP) is 3.01. The number of urea groups is 1. The lowest BCUT2D eigenvalue weighted by Crippen LogP contribution is -2.37. The molecule has 1 heterocycles. The van der Waals surface area contributed by atoms with Gasteiger partial charge in [0.25, 0.3) is 5.91 Å². The fraction of sp³-hybridized carbons (Fsp3) is 0.348. The van der Waals surface area contributed by atoms with Crippen LogP contribution in [0.25, 0.3) is 0 Å². The van der Waals surface area contributed by atoms with E-state index in [1.54, 1.807) is 24.3 Å². The summed E-state index contributed by atoms with van der Waals surface area (Å²) in [5, 5.41) is 4.60. The second-order valence-corrected chi connectivity index (χ2v) is 7.51. The van der Waals surface area contributed by atoms with Gasteiger partial charge >= 0.3 is 12.0 Å². The van der Waals surface area contributed by atoms with Crippen LogP contribution in [-0.4, -0.2) is 51.4 Å². The maximum atomic E-state index is 12.3. The summed E-state index contributed by atoms with van der Waals surface area (Å²) in [6, 6.07) is 8.64. The van der Waals surface area contributed by atoms with Crippen molar-refractivity contribution in [2.45, 2.75) is 13.8 Å². The number of hydrogen-bond donors (Lipinski definition) is 2. The first-order valence-corrected chi connectivity index (χ1v) is 10.3. The average molecular weight is 458 g/mol. The molecule has 2 aromatic carbocycles. The van der Waals surface area contributed by atoms with Gasteiger partial charge < -0.3 is 29.0 Å². The summed E-state index contributed by atoms with van der Waals surface area (Å²) in [5.41, 5.74) is 0.589. The second kappa shape index (κ2) is 11.1. The van der Waals surface area contributed by atoms with Crippen molar-refractivity contribution < 1.29 is 38.1 Å². The Bertz CT molecular complexity index is 1020. The monoisotopic (exact) mass is 458 g/mol. The predicted molar refractivity (Wildman–Crippen MR) is 118 cm³/mol. The molecule has 0 bridgehead atoms. The van der Waals surface area contributed by atoms with Crippen molar-refractivity contribution >= 4 is 23.6 Å². The van der Waals surface area contributed by atoms with Crippen molar-refractivity contribution in [3.8, 4) is 23.0 Å². The summed E-state index contributed by atoms with van der Waals surface area (Å²) in [6.07, 6.45) is 0. The molecule has 0 saturated carbocycles. The highest BCUT2D eigenvalue weighted by molar-refractivity contribution is 6.02. The maximum absolute atomic E-state index is 12.3. The van der Waals surface area contributed by atoms with Gasteiger partial charge in [-0.1, -0.05) is 13.8 Å². The lowest BCUT2D eigenvalue weighted by molar-refractivity contribution is -0.123. The van der Waals surface area contributed by atoms with E-state index >= 15 is 0 Å². The molecular weight excluding hydrogens is 432 g/mol. The zero-order valence-electron chi connectivity index (χ0n) is 18.6. The molecule has 33 heavy (non-hydrogen) atoms. The summed E-state index contributed by atoms with van der Waals surface area (Å²) in [6.45, 7) is 4.75. The van der Waals surface area contributed by atoms with Gasteiger partial charge in [-0.25, -0.2) is 9.59 Å². The number of esters is 1. The maximum Gasteiger partial charge on any atom is 0.338 e. The van der Waals surface area contributed by atoms with Gasteiger partial charge in [-0.15, -0.1) is 0 Å². The van der Waals surface area contributed by atoms with Crippen LogP contribution in [0.3, 0.4) is 0 Å². The highest BCUT2D eigenvalue weighted by Crippen LogP contribution is 2.32. The van der Waals surface area contributed by atoms with E-state index in [0.717, 1.165) is 0 Å². The van der Waals surface area contributed by atoms with Crippen molar-refractivity contribution in [1.29, 1.82) is 0 Å². The number of carbonyl (C=O) groups excluding carboxylic acids is 3. The number of hydrogen-bond acceptors (Lipinski definition) is 8. The topological polar surface area (TPSA) is 121 Å². The van der Waals surface area contributed by atoms with E-state index in [1.165, 1.54) is 19.2 Å². The van der Waals surface area contributed by atoms with E-state index in [1.807, 2.05) is 13.8 Å². The number of fused-ring (bicyclic) bond motifs is 1. The van der Waals surface area contributed by atoms with E-state index in [-0.39, 0.29) is 5.56 Å². The fourth-order valence-electron chi connectivity index (χ4n) is 2.83. The van der Waals surface area contributed by atoms with E-state index in [9.17, 15) is 14.4 Å². The summed E-state index contributed by atoms with van der Waals surface area (Å²) in [4.78, 5) is 36.3. The van der Waals surface area contributed by atoms with Crippen LogP contribution < -0.4 is 29.6 Å². The third-order valence-corrected chi connectivity index (χ3v) is 4.36. The molecule has 0 spiro atoms. The molecule has 0 unspecified atom stereocenters. The van der Waals surface area contributed by atoms with Crippen LogP contribution in [0.1, 0.15) is 24.2 Å². The quantitative estimate of drug-likeness (QED) is 0.579. The molecule has 0 saturated heterocycles. The summed E-state index contributed by atoms with van der Waals surface area (Å²) in [5.74, 6) is 0.726. The fourth-order valence-corrected chi connectivity index (χ4v) is 2.83. The van der Waals surface area contributed by atoms with Crippen molar-refractivity contribution in [3.63, 3.8) is 0 Å². The molecule has 2 N–H and O–H groups in total. The minimum absolute atomic E-state index is 0.178. The second-order valence-electron chi connectivity index (χ2n) is 7.51. The molecule has 0 fully saturated rings.